The Bertz CT molecular complexity index is 906. The minimum Gasteiger partial charge on any atom is -0.397 e. The van der Waals surface area contributed by atoms with Crippen LogP contribution in [0.4, 0.5) is 22.7 Å². The molecule has 0 saturated heterocycles. The topological polar surface area (TPSA) is 110 Å². The summed E-state index contributed by atoms with van der Waals surface area (Å²) in [6.07, 6.45) is 0. The van der Waals surface area contributed by atoms with E-state index < -0.39 is 0 Å². The molecule has 2 aromatic carbocycles. The molecular formula is C18H19N5OS. The van der Waals surface area contributed by atoms with Gasteiger partial charge in [-0.3, -0.25) is 4.79 Å². The zero-order valence-corrected chi connectivity index (χ0v) is 14.5. The Kier molecular flexibility index (Phi) is 4.60. The van der Waals surface area contributed by atoms with Gasteiger partial charge in [0.05, 0.1) is 22.7 Å². The molecule has 0 unspecified atom stereocenters. The van der Waals surface area contributed by atoms with Gasteiger partial charge in [-0.25, -0.2) is 5.84 Å². The Balaban J connectivity index is 1.86. The number of hydrazine groups is 1. The van der Waals surface area contributed by atoms with Gasteiger partial charge in [-0.1, -0.05) is 12.1 Å². The molecule has 0 fully saturated rings. The summed E-state index contributed by atoms with van der Waals surface area (Å²) >= 11 is 1.63. The van der Waals surface area contributed by atoms with Crippen molar-refractivity contribution in [2.45, 2.75) is 0 Å². The van der Waals surface area contributed by atoms with Crippen molar-refractivity contribution in [1.82, 2.24) is 0 Å². The summed E-state index contributed by atoms with van der Waals surface area (Å²) in [5.74, 6) is 5.40. The van der Waals surface area contributed by atoms with Gasteiger partial charge in [0.25, 0.3) is 5.91 Å². The molecule has 128 valence electrons. The minimum absolute atomic E-state index is 0.284. The minimum atomic E-state index is -0.284. The summed E-state index contributed by atoms with van der Waals surface area (Å²) in [6.45, 7) is 0. The van der Waals surface area contributed by atoms with E-state index in [0.29, 0.717) is 28.3 Å². The van der Waals surface area contributed by atoms with Gasteiger partial charge in [0, 0.05) is 17.5 Å². The smallest absolute Gasteiger partial charge is 0.255 e. The maximum absolute atomic E-state index is 12.5. The van der Waals surface area contributed by atoms with Crippen molar-refractivity contribution in [3.05, 3.63) is 59.5 Å². The van der Waals surface area contributed by atoms with Crippen LogP contribution in [-0.4, -0.2) is 13.0 Å². The Labute approximate surface area is 149 Å². The van der Waals surface area contributed by atoms with Gasteiger partial charge < -0.3 is 21.8 Å². The molecule has 0 radical (unpaired) electrons. The molecule has 1 aromatic heterocycles. The number of carbonyl (C=O) groups is 1. The van der Waals surface area contributed by atoms with Crippen LogP contribution in [-0.2, 0) is 0 Å². The van der Waals surface area contributed by atoms with Crippen LogP contribution in [0.1, 0.15) is 10.4 Å². The lowest BCUT2D eigenvalue weighted by molar-refractivity contribution is 0.102. The van der Waals surface area contributed by atoms with Gasteiger partial charge in [0.15, 0.2) is 0 Å². The zero-order chi connectivity index (χ0) is 18.0. The first-order valence-electron chi connectivity index (χ1n) is 7.58. The normalized spacial score (nSPS) is 10.5. The highest BCUT2D eigenvalue weighted by Crippen LogP contribution is 2.30. The molecular weight excluding hydrogens is 334 g/mol. The molecule has 0 saturated carbocycles. The van der Waals surface area contributed by atoms with Crippen LogP contribution in [0.15, 0.2) is 53.9 Å². The van der Waals surface area contributed by atoms with Crippen molar-refractivity contribution in [3.63, 3.8) is 0 Å². The third kappa shape index (κ3) is 3.57. The first kappa shape index (κ1) is 16.8. The number of hydrogen-bond donors (Lipinski definition) is 4. The highest BCUT2D eigenvalue weighted by molar-refractivity contribution is 7.13. The zero-order valence-electron chi connectivity index (χ0n) is 13.7. The number of rotatable bonds is 4. The van der Waals surface area contributed by atoms with E-state index in [4.69, 9.17) is 17.3 Å². The molecule has 3 rings (SSSR count). The largest absolute Gasteiger partial charge is 0.397 e. The average Bonchev–Trinajstić information content (AvgIpc) is 3.10. The van der Waals surface area contributed by atoms with Crippen molar-refractivity contribution in [3.8, 4) is 10.4 Å². The Morgan fingerprint density at radius 3 is 2.52 bits per heavy atom. The molecule has 6 nitrogen and oxygen atoms in total. The molecule has 0 aliphatic heterocycles. The van der Waals surface area contributed by atoms with Crippen LogP contribution < -0.4 is 27.6 Å². The van der Waals surface area contributed by atoms with Crippen LogP contribution in [0.2, 0.25) is 0 Å². The van der Waals surface area contributed by atoms with Crippen LogP contribution in [0, 0.1) is 0 Å². The molecule has 7 heteroatoms. The van der Waals surface area contributed by atoms with Crippen molar-refractivity contribution < 1.29 is 4.79 Å². The maximum atomic E-state index is 12.5. The molecule has 1 heterocycles. The molecule has 1 amide bonds. The number of nitrogen functional groups attached to an aromatic ring is 2. The van der Waals surface area contributed by atoms with Gasteiger partial charge in [0.2, 0.25) is 0 Å². The van der Waals surface area contributed by atoms with Crippen LogP contribution >= 0.6 is 11.3 Å². The van der Waals surface area contributed by atoms with E-state index in [2.05, 4.69) is 5.32 Å². The van der Waals surface area contributed by atoms with E-state index in [9.17, 15) is 4.79 Å². The predicted octanol–water partition coefficient (Wildman–Crippen LogP) is 3.14. The number of benzene rings is 2. The summed E-state index contributed by atoms with van der Waals surface area (Å²) < 4.78 is 0. The average molecular weight is 353 g/mol. The van der Waals surface area contributed by atoms with E-state index in [1.165, 1.54) is 5.01 Å². The predicted molar refractivity (Wildman–Crippen MR) is 106 cm³/mol. The van der Waals surface area contributed by atoms with Gasteiger partial charge in [-0.2, -0.15) is 0 Å². The fourth-order valence-corrected chi connectivity index (χ4v) is 3.20. The fraction of sp³-hybridized carbons (Fsp3) is 0.0556. The van der Waals surface area contributed by atoms with E-state index in [-0.39, 0.29) is 5.91 Å². The highest BCUT2D eigenvalue weighted by atomic mass is 32.1. The number of carbonyl (C=O) groups excluding carboxylic acids is 1. The summed E-state index contributed by atoms with van der Waals surface area (Å²) in [5.41, 5.74) is 15.5. The van der Waals surface area contributed by atoms with Crippen molar-refractivity contribution in [2.75, 3.05) is 28.8 Å². The summed E-state index contributed by atoms with van der Waals surface area (Å²) in [7, 11) is 1.68. The maximum Gasteiger partial charge on any atom is 0.255 e. The molecule has 0 atom stereocenters. The monoisotopic (exact) mass is 353 g/mol. The molecule has 3 aromatic rings. The number of anilines is 4. The van der Waals surface area contributed by atoms with Crippen LogP contribution in [0.5, 0.6) is 0 Å². The third-order valence-electron chi connectivity index (χ3n) is 3.78. The number of nitrogens with one attached hydrogen (secondary N) is 1. The fourth-order valence-electron chi connectivity index (χ4n) is 2.47. The highest BCUT2D eigenvalue weighted by Gasteiger charge is 2.12. The second-order valence-corrected chi connectivity index (χ2v) is 6.57. The van der Waals surface area contributed by atoms with E-state index >= 15 is 0 Å². The number of nitrogens with two attached hydrogens (primary N) is 3. The molecule has 0 aliphatic rings. The molecule has 25 heavy (non-hydrogen) atoms. The number of hydrogen-bond acceptors (Lipinski definition) is 6. The van der Waals surface area contributed by atoms with Gasteiger partial charge in [-0.15, -0.1) is 11.3 Å². The summed E-state index contributed by atoms with van der Waals surface area (Å²) in [4.78, 5) is 13.6. The Hall–Kier alpha value is -3.03. The van der Waals surface area contributed by atoms with Crippen molar-refractivity contribution >= 4 is 40.0 Å². The Morgan fingerprint density at radius 2 is 1.88 bits per heavy atom. The molecule has 0 spiro atoms. The second kappa shape index (κ2) is 6.84. The third-order valence-corrected chi connectivity index (χ3v) is 4.70. The van der Waals surface area contributed by atoms with Gasteiger partial charge in [0.1, 0.15) is 0 Å². The first-order valence-corrected chi connectivity index (χ1v) is 8.46. The molecule has 0 aliphatic carbocycles. The van der Waals surface area contributed by atoms with Crippen molar-refractivity contribution in [2.24, 2.45) is 5.84 Å². The lowest BCUT2D eigenvalue weighted by Crippen LogP contribution is -2.26. The first-order chi connectivity index (χ1) is 12.0. The standard InChI is InChI=1S/C18H19N5OS/c1-23(21)16-7-5-12(9-14(16)20)18(24)22-15-10-11(4-6-13(15)19)17-3-2-8-25-17/h2-10H,19-21H2,1H3,(H,22,24). The lowest BCUT2D eigenvalue weighted by atomic mass is 10.1. The van der Waals surface area contributed by atoms with Gasteiger partial charge >= 0.3 is 0 Å². The van der Waals surface area contributed by atoms with Crippen molar-refractivity contribution in [1.29, 1.82) is 0 Å². The molecule has 7 N–H and O–H groups in total. The number of nitrogens with zero attached hydrogens (tertiary/aromatic N) is 1. The summed E-state index contributed by atoms with van der Waals surface area (Å²) in [6, 6.07) is 14.5. The van der Waals surface area contributed by atoms with Gasteiger partial charge in [-0.05, 0) is 47.3 Å². The van der Waals surface area contributed by atoms with E-state index in [1.807, 2.05) is 29.6 Å². The number of amides is 1. The second-order valence-electron chi connectivity index (χ2n) is 5.62. The quantitative estimate of drug-likeness (QED) is 0.327. The van der Waals surface area contributed by atoms with E-state index in [0.717, 1.165) is 10.4 Å². The lowest BCUT2D eigenvalue weighted by Gasteiger charge is -2.16. The SMILES string of the molecule is CN(N)c1ccc(C(=O)Nc2cc(-c3cccs3)ccc2N)cc1N. The molecule has 0 bridgehead atoms. The Morgan fingerprint density at radius 1 is 1.08 bits per heavy atom. The summed E-state index contributed by atoms with van der Waals surface area (Å²) in [5, 5.41) is 6.25. The van der Waals surface area contributed by atoms with Crippen LogP contribution in [0.3, 0.4) is 0 Å². The number of thiophene rings is 1. The van der Waals surface area contributed by atoms with Crippen LogP contribution in [0.25, 0.3) is 10.4 Å². The van der Waals surface area contributed by atoms with E-state index in [1.54, 1.807) is 42.6 Å².